The molecule has 21 heavy (non-hydrogen) atoms. The van der Waals surface area contributed by atoms with Gasteiger partial charge in [0.2, 0.25) is 0 Å². The monoisotopic (exact) mass is 327 g/mol. The van der Waals surface area contributed by atoms with Gasteiger partial charge in [-0.2, -0.15) is 5.17 Å². The third-order valence-corrected chi connectivity index (χ3v) is 5.56. The maximum atomic E-state index is 6.02. The van der Waals surface area contributed by atoms with Crippen molar-refractivity contribution in [3.63, 3.8) is 0 Å². The number of halogens is 1. The van der Waals surface area contributed by atoms with Crippen molar-refractivity contribution in [2.45, 2.75) is 25.3 Å². The summed E-state index contributed by atoms with van der Waals surface area (Å²) in [6.45, 7) is 5.21. The van der Waals surface area contributed by atoms with E-state index in [-0.39, 0.29) is 12.2 Å². The summed E-state index contributed by atoms with van der Waals surface area (Å²) in [5, 5.41) is 2.01. The summed E-state index contributed by atoms with van der Waals surface area (Å²) in [7, 11) is -2.03. The molecule has 10 heteroatoms. The van der Waals surface area contributed by atoms with E-state index in [9.17, 15) is 0 Å². The van der Waals surface area contributed by atoms with Gasteiger partial charge in [0.25, 0.3) is 0 Å². The third kappa shape index (κ3) is 2.21. The van der Waals surface area contributed by atoms with Crippen molar-refractivity contribution < 1.29 is 13.7 Å². The highest BCUT2D eigenvalue weighted by atomic mass is 35.5. The van der Waals surface area contributed by atoms with Crippen LogP contribution in [0.1, 0.15) is 0 Å². The highest BCUT2D eigenvalue weighted by Gasteiger charge is 2.46. The number of rotatable bonds is 1. The van der Waals surface area contributed by atoms with E-state index >= 15 is 0 Å². The molecule has 2 saturated heterocycles. The Balaban J connectivity index is 1.64. The van der Waals surface area contributed by atoms with E-state index in [1.807, 2.05) is 13.1 Å². The number of hydroxylamine groups is 1. The summed E-state index contributed by atoms with van der Waals surface area (Å²) < 4.78 is 13.5. The zero-order valence-corrected chi connectivity index (χ0v) is 13.3. The molecule has 0 N–H and O–H groups in total. The zero-order valence-electron chi connectivity index (χ0n) is 11.6. The molecular formula is C11H14ClN5O3Si. The van der Waals surface area contributed by atoms with Gasteiger partial charge in [0.1, 0.15) is 30.4 Å². The molecule has 4 heterocycles. The number of hydrogen-bond acceptors (Lipinski definition) is 7. The number of aromatic nitrogens is 4. The molecule has 2 aromatic rings. The Bertz CT molecular complexity index is 696. The lowest BCUT2D eigenvalue weighted by molar-refractivity contribution is -0.0532. The Morgan fingerprint density at radius 2 is 2.14 bits per heavy atom. The normalized spacial score (nSPS) is 28.0. The van der Waals surface area contributed by atoms with Gasteiger partial charge in [-0.15, -0.1) is 0 Å². The third-order valence-electron chi connectivity index (χ3n) is 3.55. The lowest BCUT2D eigenvalue weighted by Crippen LogP contribution is -2.51. The van der Waals surface area contributed by atoms with E-state index in [0.29, 0.717) is 29.5 Å². The van der Waals surface area contributed by atoms with Gasteiger partial charge in [-0.1, -0.05) is 11.6 Å². The fourth-order valence-corrected chi connectivity index (χ4v) is 4.33. The first kappa shape index (κ1) is 13.4. The highest BCUT2D eigenvalue weighted by molar-refractivity contribution is 6.64. The van der Waals surface area contributed by atoms with Gasteiger partial charge in [0.15, 0.2) is 10.8 Å². The summed E-state index contributed by atoms with van der Waals surface area (Å²) in [6.07, 6.45) is 2.91. The first-order valence-electron chi connectivity index (χ1n) is 6.63. The molecule has 0 aromatic carbocycles. The van der Waals surface area contributed by atoms with Crippen LogP contribution in [0, 0.1) is 0 Å². The molecule has 0 saturated carbocycles. The molecule has 0 spiro atoms. The molecule has 112 valence electrons. The van der Waals surface area contributed by atoms with Crippen LogP contribution in [-0.4, -0.2) is 53.5 Å². The second kappa shape index (κ2) is 4.62. The lowest BCUT2D eigenvalue weighted by Gasteiger charge is -2.34. The molecule has 2 fully saturated rings. The van der Waals surface area contributed by atoms with Crippen molar-refractivity contribution in [3.8, 4) is 0 Å². The molecule has 2 aliphatic rings. The van der Waals surface area contributed by atoms with Crippen LogP contribution in [0.5, 0.6) is 0 Å². The minimum absolute atomic E-state index is 0.00447. The quantitative estimate of drug-likeness (QED) is 0.567. The molecule has 2 atom stereocenters. The van der Waals surface area contributed by atoms with Crippen molar-refractivity contribution in [3.05, 3.63) is 17.8 Å². The van der Waals surface area contributed by atoms with Crippen LogP contribution >= 0.6 is 11.6 Å². The van der Waals surface area contributed by atoms with Gasteiger partial charge < -0.3 is 8.85 Å². The average molecular weight is 328 g/mol. The summed E-state index contributed by atoms with van der Waals surface area (Å²) in [4.78, 5) is 18.2. The average Bonchev–Trinajstić information content (AvgIpc) is 3.01. The Kier molecular flexibility index (Phi) is 2.95. The molecule has 2 aliphatic heterocycles. The van der Waals surface area contributed by atoms with Gasteiger partial charge >= 0.3 is 8.56 Å². The van der Waals surface area contributed by atoms with E-state index < -0.39 is 8.56 Å². The largest absolute Gasteiger partial charge is 0.392 e. The van der Waals surface area contributed by atoms with Crippen molar-refractivity contribution in [2.75, 3.05) is 18.3 Å². The summed E-state index contributed by atoms with van der Waals surface area (Å²) in [5.74, 6) is 0. The predicted octanol–water partition coefficient (Wildman–Crippen LogP) is 0.849. The topological polar surface area (TPSA) is 74.5 Å². The predicted molar refractivity (Wildman–Crippen MR) is 76.6 cm³/mol. The van der Waals surface area contributed by atoms with Gasteiger partial charge in [0, 0.05) is 0 Å². The van der Waals surface area contributed by atoms with Gasteiger partial charge in [-0.25, -0.2) is 24.5 Å². The molecule has 0 amide bonds. The lowest BCUT2D eigenvalue weighted by atomic mass is 10.2. The Morgan fingerprint density at radius 3 is 3.00 bits per heavy atom. The fraction of sp³-hybridized carbons (Fsp3) is 0.545. The van der Waals surface area contributed by atoms with Crippen LogP contribution in [-0.2, 0) is 13.7 Å². The molecule has 8 nitrogen and oxygen atoms in total. The van der Waals surface area contributed by atoms with E-state index in [0.717, 1.165) is 0 Å². The van der Waals surface area contributed by atoms with Crippen LogP contribution < -0.4 is 5.17 Å². The summed E-state index contributed by atoms with van der Waals surface area (Å²) in [5.41, 5.74) is 1.15. The van der Waals surface area contributed by atoms with Crippen LogP contribution in [0.2, 0.25) is 18.2 Å². The van der Waals surface area contributed by atoms with Crippen molar-refractivity contribution in [1.82, 2.24) is 19.6 Å². The van der Waals surface area contributed by atoms with E-state index in [2.05, 4.69) is 15.0 Å². The van der Waals surface area contributed by atoms with Crippen LogP contribution in [0.4, 0.5) is 0 Å². The maximum Gasteiger partial charge on any atom is 0.332 e. The maximum absolute atomic E-state index is 6.02. The van der Waals surface area contributed by atoms with Crippen LogP contribution in [0.3, 0.4) is 0 Å². The molecule has 4 rings (SSSR count). The fourth-order valence-electron chi connectivity index (χ4n) is 2.57. The standard InChI is InChI=1S/C11H14ClN5O3Si/c1-21(2)18-4-8-7(20-21)3-17(19-8)16-6-15-9-10(12)13-5-14-11(9)16/h5-8H,3-4H2,1-2H3/t7-,8+/m0/s1. The van der Waals surface area contributed by atoms with Crippen molar-refractivity contribution in [2.24, 2.45) is 0 Å². The first-order chi connectivity index (χ1) is 10.0. The second-order valence-electron chi connectivity index (χ2n) is 5.47. The van der Waals surface area contributed by atoms with E-state index in [4.69, 9.17) is 25.3 Å². The molecule has 0 unspecified atom stereocenters. The molecule has 0 bridgehead atoms. The minimum Gasteiger partial charge on any atom is -0.392 e. The van der Waals surface area contributed by atoms with Crippen molar-refractivity contribution >= 4 is 31.3 Å². The Morgan fingerprint density at radius 1 is 1.29 bits per heavy atom. The smallest absolute Gasteiger partial charge is 0.332 e. The van der Waals surface area contributed by atoms with Crippen molar-refractivity contribution in [1.29, 1.82) is 0 Å². The van der Waals surface area contributed by atoms with Gasteiger partial charge in [-0.3, -0.25) is 0 Å². The van der Waals surface area contributed by atoms with E-state index in [1.54, 1.807) is 16.2 Å². The zero-order chi connectivity index (χ0) is 14.6. The van der Waals surface area contributed by atoms with E-state index in [1.165, 1.54) is 6.33 Å². The molecule has 0 radical (unpaired) electrons. The van der Waals surface area contributed by atoms with Gasteiger partial charge in [0.05, 0.1) is 13.2 Å². The molecular weight excluding hydrogens is 314 g/mol. The molecule has 0 aliphatic carbocycles. The highest BCUT2D eigenvalue weighted by Crippen LogP contribution is 2.28. The second-order valence-corrected chi connectivity index (χ2v) is 9.15. The SMILES string of the molecule is C[Si]1(C)OC[C@H]2ON(n3cnc4c(Cl)ncnc43)C[C@@H]2O1. The number of hydrogen-bond donors (Lipinski definition) is 0. The Labute approximate surface area is 126 Å². The number of imidazole rings is 1. The summed E-state index contributed by atoms with van der Waals surface area (Å²) in [6, 6.07) is 0. The minimum atomic E-state index is -2.03. The molecule has 2 aromatic heterocycles. The number of fused-ring (bicyclic) bond motifs is 2. The van der Waals surface area contributed by atoms with Crippen LogP contribution in [0.15, 0.2) is 12.7 Å². The first-order valence-corrected chi connectivity index (χ1v) is 9.83. The Hall–Kier alpha value is -1.26. The summed E-state index contributed by atoms with van der Waals surface area (Å²) >= 11 is 6.01. The van der Waals surface area contributed by atoms with Crippen LogP contribution in [0.25, 0.3) is 11.2 Å². The number of nitrogens with zero attached hydrogens (tertiary/aromatic N) is 5. The van der Waals surface area contributed by atoms with Gasteiger partial charge in [-0.05, 0) is 13.1 Å².